The summed E-state index contributed by atoms with van der Waals surface area (Å²) >= 11 is 1.58. The second kappa shape index (κ2) is 9.46. The smallest absolute Gasteiger partial charge is 0.234 e. The quantitative estimate of drug-likeness (QED) is 0.692. The van der Waals surface area contributed by atoms with E-state index in [1.54, 1.807) is 11.3 Å². The zero-order chi connectivity index (χ0) is 21.1. The molecule has 1 saturated heterocycles. The van der Waals surface area contributed by atoms with E-state index in [9.17, 15) is 14.9 Å². The topological polar surface area (TPSA) is 88.5 Å². The molecular formula is C22H31N5O2S. The lowest BCUT2D eigenvalue weighted by Gasteiger charge is -2.34. The van der Waals surface area contributed by atoms with Crippen molar-refractivity contribution in [1.29, 1.82) is 5.26 Å². The maximum Gasteiger partial charge on any atom is 0.234 e. The maximum atomic E-state index is 12.5. The van der Waals surface area contributed by atoms with Crippen LogP contribution < -0.4 is 10.6 Å². The van der Waals surface area contributed by atoms with Crippen molar-refractivity contribution in [1.82, 2.24) is 15.1 Å². The number of thiophene rings is 1. The predicted octanol–water partition coefficient (Wildman–Crippen LogP) is 1.97. The molecule has 1 aromatic heterocycles. The Labute approximate surface area is 182 Å². The Morgan fingerprint density at radius 1 is 1.13 bits per heavy atom. The van der Waals surface area contributed by atoms with E-state index < -0.39 is 0 Å². The molecule has 2 N–H and O–H groups in total. The lowest BCUT2D eigenvalue weighted by Crippen LogP contribution is -2.50. The van der Waals surface area contributed by atoms with Gasteiger partial charge in [-0.15, -0.1) is 11.3 Å². The van der Waals surface area contributed by atoms with Crippen LogP contribution in [0.25, 0.3) is 0 Å². The van der Waals surface area contributed by atoms with Crippen molar-refractivity contribution >= 4 is 28.2 Å². The number of hydrogen-bond acceptors (Lipinski definition) is 6. The zero-order valence-corrected chi connectivity index (χ0v) is 18.5. The van der Waals surface area contributed by atoms with E-state index in [2.05, 4.69) is 33.4 Å². The first-order chi connectivity index (χ1) is 14.5. The first-order valence-corrected chi connectivity index (χ1v) is 11.9. The van der Waals surface area contributed by atoms with Gasteiger partial charge in [0.25, 0.3) is 0 Å². The number of carbonyl (C=O) groups excluding carboxylic acids is 2. The highest BCUT2D eigenvalue weighted by Crippen LogP contribution is 2.39. The van der Waals surface area contributed by atoms with Gasteiger partial charge in [-0.1, -0.05) is 6.92 Å². The Kier molecular flexibility index (Phi) is 6.71. The minimum absolute atomic E-state index is 0.0237. The van der Waals surface area contributed by atoms with E-state index >= 15 is 0 Å². The summed E-state index contributed by atoms with van der Waals surface area (Å²) in [6.45, 7) is 6.88. The van der Waals surface area contributed by atoms with Crippen molar-refractivity contribution in [3.05, 3.63) is 16.0 Å². The molecule has 8 heteroatoms. The molecule has 30 heavy (non-hydrogen) atoms. The Bertz CT molecular complexity index is 833. The van der Waals surface area contributed by atoms with Gasteiger partial charge in [-0.25, -0.2) is 0 Å². The molecule has 2 fully saturated rings. The summed E-state index contributed by atoms with van der Waals surface area (Å²) in [4.78, 5) is 30.2. The summed E-state index contributed by atoms with van der Waals surface area (Å²) in [6.07, 6.45) is 5.71. The molecule has 2 aliphatic carbocycles. The van der Waals surface area contributed by atoms with Crippen LogP contribution in [-0.4, -0.2) is 66.9 Å². The minimum atomic E-state index is -0.0237. The largest absolute Gasteiger partial charge is 0.352 e. The Balaban J connectivity index is 1.20. The minimum Gasteiger partial charge on any atom is -0.352 e. The SMILES string of the molecule is CC1CCc2c(sc(NC(=O)CCN3CCN(CC(=O)NC4CC4)CC3)c2C#N)C1. The number of amides is 2. The average molecular weight is 430 g/mol. The van der Waals surface area contributed by atoms with Crippen LogP contribution in [0.2, 0.25) is 0 Å². The fraction of sp³-hybridized carbons (Fsp3) is 0.682. The van der Waals surface area contributed by atoms with Gasteiger partial charge in [-0.3, -0.25) is 14.5 Å². The molecule has 1 aromatic rings. The number of fused-ring (bicyclic) bond motifs is 1. The molecule has 0 aromatic carbocycles. The highest BCUT2D eigenvalue weighted by molar-refractivity contribution is 7.16. The van der Waals surface area contributed by atoms with Crippen LogP contribution in [0.15, 0.2) is 0 Å². The van der Waals surface area contributed by atoms with Crippen LogP contribution in [0.4, 0.5) is 5.00 Å². The van der Waals surface area contributed by atoms with E-state index in [-0.39, 0.29) is 11.8 Å². The Morgan fingerprint density at radius 3 is 2.57 bits per heavy atom. The summed E-state index contributed by atoms with van der Waals surface area (Å²) < 4.78 is 0. The molecule has 0 bridgehead atoms. The lowest BCUT2D eigenvalue weighted by atomic mass is 9.89. The van der Waals surface area contributed by atoms with Crippen molar-refractivity contribution in [3.8, 4) is 6.07 Å². The molecule has 1 unspecified atom stereocenters. The fourth-order valence-electron chi connectivity index (χ4n) is 4.28. The van der Waals surface area contributed by atoms with Crippen LogP contribution in [0, 0.1) is 17.2 Å². The van der Waals surface area contributed by atoms with E-state index in [0.717, 1.165) is 68.8 Å². The van der Waals surface area contributed by atoms with E-state index in [1.165, 1.54) is 4.88 Å². The highest BCUT2D eigenvalue weighted by atomic mass is 32.1. The van der Waals surface area contributed by atoms with Crippen molar-refractivity contribution in [2.45, 2.75) is 51.5 Å². The molecule has 1 atom stereocenters. The molecule has 1 saturated carbocycles. The third-order valence-electron chi connectivity index (χ3n) is 6.31. The predicted molar refractivity (Wildman–Crippen MR) is 118 cm³/mol. The number of anilines is 1. The van der Waals surface area contributed by atoms with Crippen molar-refractivity contribution in [2.24, 2.45) is 5.92 Å². The molecule has 4 rings (SSSR count). The zero-order valence-electron chi connectivity index (χ0n) is 17.7. The number of nitriles is 1. The second-order valence-corrected chi connectivity index (χ2v) is 10.0. The molecule has 7 nitrogen and oxygen atoms in total. The van der Waals surface area contributed by atoms with Gasteiger partial charge in [-0.05, 0) is 43.6 Å². The normalized spacial score (nSPS) is 22.2. The second-order valence-electron chi connectivity index (χ2n) is 8.93. The van der Waals surface area contributed by atoms with Crippen LogP contribution in [0.3, 0.4) is 0 Å². The van der Waals surface area contributed by atoms with Gasteiger partial charge in [0.05, 0.1) is 12.1 Å². The number of nitrogens with zero attached hydrogens (tertiary/aromatic N) is 3. The Hall–Kier alpha value is -1.95. The fourth-order valence-corrected chi connectivity index (χ4v) is 5.66. The van der Waals surface area contributed by atoms with Crippen LogP contribution in [-0.2, 0) is 22.4 Å². The standard InChI is InChI=1S/C22H31N5O2S/c1-15-2-5-17-18(13-23)22(30-19(17)12-15)25-20(28)6-7-26-8-10-27(11-9-26)14-21(29)24-16-3-4-16/h15-16H,2-12,14H2,1H3,(H,24,29)(H,25,28). The average Bonchev–Trinajstić information content (AvgIpc) is 3.46. The lowest BCUT2D eigenvalue weighted by molar-refractivity contribution is -0.122. The summed E-state index contributed by atoms with van der Waals surface area (Å²) in [5, 5.41) is 16.3. The number of carbonyl (C=O) groups is 2. The highest BCUT2D eigenvalue weighted by Gasteiger charge is 2.26. The molecular weight excluding hydrogens is 398 g/mol. The number of piperazine rings is 1. The molecule has 0 spiro atoms. The van der Waals surface area contributed by atoms with Gasteiger partial charge in [-0.2, -0.15) is 5.26 Å². The van der Waals surface area contributed by atoms with Crippen molar-refractivity contribution < 1.29 is 9.59 Å². The third kappa shape index (κ3) is 5.39. The van der Waals surface area contributed by atoms with Crippen LogP contribution in [0.1, 0.15) is 48.6 Å². The van der Waals surface area contributed by atoms with Gasteiger partial charge < -0.3 is 15.5 Å². The first-order valence-electron chi connectivity index (χ1n) is 11.1. The summed E-state index contributed by atoms with van der Waals surface area (Å²) in [5.41, 5.74) is 1.83. The van der Waals surface area contributed by atoms with Gasteiger partial charge >= 0.3 is 0 Å². The molecule has 2 amide bonds. The van der Waals surface area contributed by atoms with E-state index in [4.69, 9.17) is 0 Å². The molecule has 0 radical (unpaired) electrons. The van der Waals surface area contributed by atoms with E-state index in [1.807, 2.05) is 0 Å². The number of rotatable bonds is 7. The number of hydrogen-bond donors (Lipinski definition) is 2. The molecule has 162 valence electrons. The van der Waals surface area contributed by atoms with Gasteiger partial charge in [0.2, 0.25) is 11.8 Å². The van der Waals surface area contributed by atoms with Crippen molar-refractivity contribution in [3.63, 3.8) is 0 Å². The summed E-state index contributed by atoms with van der Waals surface area (Å²) in [5.74, 6) is 0.751. The van der Waals surface area contributed by atoms with Gasteiger partial charge in [0, 0.05) is 50.1 Å². The van der Waals surface area contributed by atoms with Gasteiger partial charge in [0.1, 0.15) is 11.1 Å². The third-order valence-corrected chi connectivity index (χ3v) is 7.48. The van der Waals surface area contributed by atoms with Crippen molar-refractivity contribution in [2.75, 3.05) is 44.6 Å². The molecule has 3 aliphatic rings. The van der Waals surface area contributed by atoms with Gasteiger partial charge in [0.15, 0.2) is 0 Å². The molecule has 1 aliphatic heterocycles. The monoisotopic (exact) mass is 429 g/mol. The first kappa shape index (κ1) is 21.3. The van der Waals surface area contributed by atoms with E-state index in [0.29, 0.717) is 37.0 Å². The number of nitrogens with one attached hydrogen (secondary N) is 2. The summed E-state index contributed by atoms with van der Waals surface area (Å²) in [7, 11) is 0. The Morgan fingerprint density at radius 2 is 1.87 bits per heavy atom. The summed E-state index contributed by atoms with van der Waals surface area (Å²) in [6, 6.07) is 2.73. The molecule has 2 heterocycles. The maximum absolute atomic E-state index is 12.5. The van der Waals surface area contributed by atoms with Crippen LogP contribution in [0.5, 0.6) is 0 Å². The van der Waals surface area contributed by atoms with Crippen LogP contribution >= 0.6 is 11.3 Å².